The molecule has 2 unspecified atom stereocenters. The Morgan fingerprint density at radius 3 is 2.65 bits per heavy atom. The zero-order chi connectivity index (χ0) is 21.9. The summed E-state index contributed by atoms with van der Waals surface area (Å²) in [6.45, 7) is 9.72. The summed E-state index contributed by atoms with van der Waals surface area (Å²) in [5.74, 6) is 0.743. The van der Waals surface area contributed by atoms with Crippen LogP contribution in [0.2, 0.25) is 0 Å². The van der Waals surface area contributed by atoms with Gasteiger partial charge in [-0.15, -0.1) is 0 Å². The Morgan fingerprint density at radius 2 is 1.94 bits per heavy atom. The number of benzene rings is 1. The molecule has 4 N–H and O–H groups in total. The zero-order valence-corrected chi connectivity index (χ0v) is 19.1. The molecule has 2 saturated heterocycles. The number of aliphatic imine (C=N–C) groups is 1. The second-order valence-corrected chi connectivity index (χ2v) is 8.71. The third-order valence-electron chi connectivity index (χ3n) is 6.38. The van der Waals surface area contributed by atoms with E-state index in [1.165, 1.54) is 18.4 Å². The second-order valence-electron chi connectivity index (χ2n) is 8.71. The first-order valence-electron chi connectivity index (χ1n) is 12.0. The van der Waals surface area contributed by atoms with Gasteiger partial charge in [-0.3, -0.25) is 14.7 Å². The molecule has 7 heteroatoms. The monoisotopic (exact) mass is 428 g/mol. The minimum Gasteiger partial charge on any atom is -0.369 e. The largest absolute Gasteiger partial charge is 0.369 e. The number of primary amides is 1. The van der Waals surface area contributed by atoms with E-state index in [1.54, 1.807) is 0 Å². The predicted molar refractivity (Wildman–Crippen MR) is 127 cm³/mol. The van der Waals surface area contributed by atoms with Crippen LogP contribution in [0.15, 0.2) is 35.3 Å². The summed E-state index contributed by atoms with van der Waals surface area (Å²) in [6, 6.07) is 11.1. The van der Waals surface area contributed by atoms with E-state index >= 15 is 0 Å². The van der Waals surface area contributed by atoms with E-state index in [1.807, 2.05) is 0 Å². The first-order valence-corrected chi connectivity index (χ1v) is 12.0. The predicted octanol–water partition coefficient (Wildman–Crippen LogP) is 1.97. The highest BCUT2D eigenvalue weighted by atomic mass is 16.1. The molecule has 2 aliphatic rings. The molecule has 0 bridgehead atoms. The molecule has 2 fully saturated rings. The van der Waals surface area contributed by atoms with Crippen molar-refractivity contribution in [2.24, 2.45) is 16.6 Å². The molecular formula is C24H40N6O. The van der Waals surface area contributed by atoms with E-state index in [0.717, 1.165) is 77.6 Å². The molecule has 1 amide bonds. The number of hydrogen-bond acceptors (Lipinski definition) is 4. The van der Waals surface area contributed by atoms with Crippen LogP contribution in [0, 0.1) is 5.92 Å². The van der Waals surface area contributed by atoms with Crippen molar-refractivity contribution in [3.8, 4) is 0 Å². The van der Waals surface area contributed by atoms with Crippen LogP contribution >= 0.6 is 0 Å². The molecule has 1 aromatic rings. The van der Waals surface area contributed by atoms with E-state index in [0.29, 0.717) is 6.04 Å². The van der Waals surface area contributed by atoms with E-state index in [2.05, 4.69) is 57.7 Å². The SMILES string of the molecule is CCNC(=NCC(c1ccccc1)N1CCCC1)NCCCN1CCCC(C(N)=O)C1. The summed E-state index contributed by atoms with van der Waals surface area (Å²) in [4.78, 5) is 21.3. The van der Waals surface area contributed by atoms with Gasteiger partial charge in [-0.05, 0) is 70.8 Å². The Labute approximate surface area is 187 Å². The number of carbonyl (C=O) groups excluding carboxylic acids is 1. The molecule has 7 nitrogen and oxygen atoms in total. The fourth-order valence-electron chi connectivity index (χ4n) is 4.68. The van der Waals surface area contributed by atoms with Gasteiger partial charge < -0.3 is 21.3 Å². The van der Waals surface area contributed by atoms with Crippen LogP contribution in [0.25, 0.3) is 0 Å². The van der Waals surface area contributed by atoms with Crippen molar-refractivity contribution in [3.63, 3.8) is 0 Å². The quantitative estimate of drug-likeness (QED) is 0.301. The maximum Gasteiger partial charge on any atom is 0.221 e. The first-order chi connectivity index (χ1) is 15.2. The van der Waals surface area contributed by atoms with Crippen molar-refractivity contribution in [3.05, 3.63) is 35.9 Å². The number of nitrogens with zero attached hydrogens (tertiary/aromatic N) is 3. The molecule has 1 aromatic carbocycles. The fraction of sp³-hybridized carbons (Fsp3) is 0.667. The lowest BCUT2D eigenvalue weighted by molar-refractivity contribution is -0.123. The maximum absolute atomic E-state index is 11.5. The summed E-state index contributed by atoms with van der Waals surface area (Å²) >= 11 is 0. The van der Waals surface area contributed by atoms with Crippen molar-refractivity contribution in [1.29, 1.82) is 0 Å². The first kappa shape index (κ1) is 23.5. The standard InChI is InChI=1S/C24H40N6O/c1-2-26-24(27-13-9-15-29-14-8-12-21(19-29)23(25)31)28-18-22(30-16-6-7-17-30)20-10-4-3-5-11-20/h3-5,10-11,21-22H,2,6-9,12-19H2,1H3,(H2,25,31)(H2,26,27,28). The van der Waals surface area contributed by atoms with Crippen LogP contribution < -0.4 is 16.4 Å². The lowest BCUT2D eigenvalue weighted by atomic mass is 9.97. The Bertz CT molecular complexity index is 689. The number of hydrogen-bond donors (Lipinski definition) is 3. The van der Waals surface area contributed by atoms with Crippen LogP contribution in [-0.2, 0) is 4.79 Å². The second kappa shape index (κ2) is 12.7. The van der Waals surface area contributed by atoms with E-state index < -0.39 is 0 Å². The number of amides is 1. The smallest absolute Gasteiger partial charge is 0.221 e. The van der Waals surface area contributed by atoms with Gasteiger partial charge in [0.1, 0.15) is 0 Å². The topological polar surface area (TPSA) is 86.0 Å². The molecule has 2 heterocycles. The van der Waals surface area contributed by atoms with Gasteiger partial charge in [0.05, 0.1) is 18.5 Å². The Kier molecular flexibility index (Phi) is 9.62. The molecule has 0 radical (unpaired) electrons. The molecule has 2 aliphatic heterocycles. The lowest BCUT2D eigenvalue weighted by Gasteiger charge is -2.31. The molecule has 0 spiro atoms. The Hall–Kier alpha value is -2.12. The number of nitrogens with two attached hydrogens (primary N) is 1. The van der Waals surface area contributed by atoms with E-state index in [-0.39, 0.29) is 11.8 Å². The number of likely N-dealkylation sites (tertiary alicyclic amines) is 2. The zero-order valence-electron chi connectivity index (χ0n) is 19.1. The van der Waals surface area contributed by atoms with Crippen molar-refractivity contribution < 1.29 is 4.79 Å². The highest BCUT2D eigenvalue weighted by Gasteiger charge is 2.24. The van der Waals surface area contributed by atoms with Crippen molar-refractivity contribution >= 4 is 11.9 Å². The van der Waals surface area contributed by atoms with Crippen LogP contribution in [0.3, 0.4) is 0 Å². The molecule has 0 aliphatic carbocycles. The van der Waals surface area contributed by atoms with Crippen molar-refractivity contribution in [1.82, 2.24) is 20.4 Å². The van der Waals surface area contributed by atoms with Crippen LogP contribution in [0.5, 0.6) is 0 Å². The Morgan fingerprint density at radius 1 is 1.16 bits per heavy atom. The van der Waals surface area contributed by atoms with Gasteiger partial charge in [0.15, 0.2) is 5.96 Å². The molecule has 2 atom stereocenters. The fourth-order valence-corrected chi connectivity index (χ4v) is 4.68. The third-order valence-corrected chi connectivity index (χ3v) is 6.38. The third kappa shape index (κ3) is 7.51. The van der Waals surface area contributed by atoms with Crippen LogP contribution in [0.4, 0.5) is 0 Å². The molecular weight excluding hydrogens is 388 g/mol. The number of carbonyl (C=O) groups is 1. The van der Waals surface area contributed by atoms with Gasteiger partial charge in [-0.25, -0.2) is 0 Å². The highest BCUT2D eigenvalue weighted by Crippen LogP contribution is 2.25. The van der Waals surface area contributed by atoms with E-state index in [4.69, 9.17) is 10.7 Å². The molecule has 172 valence electrons. The number of piperidine rings is 1. The van der Waals surface area contributed by atoms with Crippen molar-refractivity contribution in [2.75, 3.05) is 52.4 Å². The molecule has 3 rings (SSSR count). The normalized spacial score (nSPS) is 21.7. The summed E-state index contributed by atoms with van der Waals surface area (Å²) in [7, 11) is 0. The molecule has 31 heavy (non-hydrogen) atoms. The van der Waals surface area contributed by atoms with Gasteiger partial charge in [0, 0.05) is 19.6 Å². The van der Waals surface area contributed by atoms with Crippen molar-refractivity contribution in [2.45, 2.75) is 45.1 Å². The summed E-state index contributed by atoms with van der Waals surface area (Å²) in [6.07, 6.45) is 5.56. The summed E-state index contributed by atoms with van der Waals surface area (Å²) in [5, 5.41) is 6.88. The summed E-state index contributed by atoms with van der Waals surface area (Å²) < 4.78 is 0. The minimum atomic E-state index is -0.157. The average molecular weight is 429 g/mol. The summed E-state index contributed by atoms with van der Waals surface area (Å²) in [5.41, 5.74) is 6.84. The van der Waals surface area contributed by atoms with Gasteiger partial charge in [-0.2, -0.15) is 0 Å². The maximum atomic E-state index is 11.5. The van der Waals surface area contributed by atoms with Gasteiger partial charge in [-0.1, -0.05) is 30.3 Å². The highest BCUT2D eigenvalue weighted by molar-refractivity contribution is 5.79. The molecule has 0 saturated carbocycles. The number of nitrogens with one attached hydrogen (secondary N) is 2. The average Bonchev–Trinajstić information content (AvgIpc) is 3.32. The van der Waals surface area contributed by atoms with Crippen LogP contribution in [-0.4, -0.2) is 74.0 Å². The number of guanidine groups is 1. The Balaban J connectivity index is 1.50. The molecule has 0 aromatic heterocycles. The van der Waals surface area contributed by atoms with E-state index in [9.17, 15) is 4.79 Å². The van der Waals surface area contributed by atoms with Gasteiger partial charge in [0.2, 0.25) is 5.91 Å². The van der Waals surface area contributed by atoms with Gasteiger partial charge >= 0.3 is 0 Å². The van der Waals surface area contributed by atoms with Gasteiger partial charge in [0.25, 0.3) is 0 Å². The number of rotatable bonds is 10. The lowest BCUT2D eigenvalue weighted by Crippen LogP contribution is -2.43. The minimum absolute atomic E-state index is 0.0149. The van der Waals surface area contributed by atoms with Crippen LogP contribution in [0.1, 0.15) is 50.6 Å².